The van der Waals surface area contributed by atoms with Crippen molar-refractivity contribution in [2.75, 3.05) is 11.9 Å². The van der Waals surface area contributed by atoms with Gasteiger partial charge in [0.2, 0.25) is 0 Å². The lowest BCUT2D eigenvalue weighted by Gasteiger charge is -2.19. The van der Waals surface area contributed by atoms with Crippen molar-refractivity contribution in [2.24, 2.45) is 0 Å². The first-order chi connectivity index (χ1) is 10.5. The Hall–Kier alpha value is -2.28. The van der Waals surface area contributed by atoms with E-state index in [9.17, 15) is 9.90 Å². The van der Waals surface area contributed by atoms with Gasteiger partial charge in [0.25, 0.3) is 5.91 Å². The third-order valence-electron chi connectivity index (χ3n) is 3.47. The number of benzene rings is 1. The standard InChI is InChI=1S/C15H20N4O2S/c1-9-5-3-6-10(2)12(9)17-15(22)19-18-14(21)11-7-4-8-16-13(11)20/h3,5-6,16,20H,4,7-8H2,1-2H3,(H,18,21)(H2,17,19,22). The molecule has 0 saturated carbocycles. The zero-order valence-electron chi connectivity index (χ0n) is 12.6. The quantitative estimate of drug-likeness (QED) is 0.422. The molecule has 1 aromatic carbocycles. The lowest BCUT2D eigenvalue weighted by molar-refractivity contribution is -0.118. The summed E-state index contributed by atoms with van der Waals surface area (Å²) in [6.07, 6.45) is 1.33. The molecular weight excluding hydrogens is 300 g/mol. The molecule has 118 valence electrons. The zero-order valence-corrected chi connectivity index (χ0v) is 13.4. The maximum absolute atomic E-state index is 12.0. The van der Waals surface area contributed by atoms with Gasteiger partial charge in [0.05, 0.1) is 5.57 Å². The highest BCUT2D eigenvalue weighted by molar-refractivity contribution is 7.80. The first-order valence-corrected chi connectivity index (χ1v) is 7.49. The second-order valence-corrected chi connectivity index (χ2v) is 5.57. The number of hydrazine groups is 1. The number of carbonyl (C=O) groups excluding carboxylic acids is 1. The molecule has 2 rings (SSSR count). The monoisotopic (exact) mass is 320 g/mol. The Balaban J connectivity index is 1.92. The van der Waals surface area contributed by atoms with Crippen LogP contribution < -0.4 is 21.5 Å². The van der Waals surface area contributed by atoms with E-state index in [2.05, 4.69) is 21.5 Å². The summed E-state index contributed by atoms with van der Waals surface area (Å²) < 4.78 is 0. The van der Waals surface area contributed by atoms with Gasteiger partial charge in [0, 0.05) is 12.2 Å². The smallest absolute Gasteiger partial charge is 0.270 e. The molecule has 1 aliphatic heterocycles. The van der Waals surface area contributed by atoms with Gasteiger partial charge in [-0.15, -0.1) is 0 Å². The van der Waals surface area contributed by atoms with Crippen molar-refractivity contribution in [3.8, 4) is 0 Å². The van der Waals surface area contributed by atoms with Crippen LogP contribution in [0.1, 0.15) is 24.0 Å². The van der Waals surface area contributed by atoms with Gasteiger partial charge in [-0.25, -0.2) is 0 Å². The molecule has 0 radical (unpaired) electrons. The Morgan fingerprint density at radius 2 is 1.95 bits per heavy atom. The summed E-state index contributed by atoms with van der Waals surface area (Å²) in [4.78, 5) is 12.0. The van der Waals surface area contributed by atoms with E-state index >= 15 is 0 Å². The van der Waals surface area contributed by atoms with Crippen molar-refractivity contribution in [3.63, 3.8) is 0 Å². The number of aliphatic hydroxyl groups is 1. The second-order valence-electron chi connectivity index (χ2n) is 5.16. The van der Waals surface area contributed by atoms with E-state index < -0.39 is 5.91 Å². The molecule has 22 heavy (non-hydrogen) atoms. The minimum Gasteiger partial charge on any atom is -0.494 e. The first kappa shape index (κ1) is 16.1. The molecule has 0 atom stereocenters. The highest BCUT2D eigenvalue weighted by Gasteiger charge is 2.18. The summed E-state index contributed by atoms with van der Waals surface area (Å²) in [7, 11) is 0. The van der Waals surface area contributed by atoms with Crippen LogP contribution in [0, 0.1) is 13.8 Å². The molecule has 0 aromatic heterocycles. The Bertz CT molecular complexity index is 608. The minimum absolute atomic E-state index is 0.0702. The fourth-order valence-corrected chi connectivity index (χ4v) is 2.42. The summed E-state index contributed by atoms with van der Waals surface area (Å²) >= 11 is 5.17. The Morgan fingerprint density at radius 3 is 2.59 bits per heavy atom. The third-order valence-corrected chi connectivity index (χ3v) is 3.67. The minimum atomic E-state index is -0.393. The van der Waals surface area contributed by atoms with Crippen LogP contribution in [0.4, 0.5) is 5.69 Å². The largest absolute Gasteiger partial charge is 0.494 e. The number of aliphatic hydroxyl groups excluding tert-OH is 1. The highest BCUT2D eigenvalue weighted by atomic mass is 32.1. The maximum atomic E-state index is 12.0. The second kappa shape index (κ2) is 7.13. The number of anilines is 1. The van der Waals surface area contributed by atoms with Gasteiger partial charge in [-0.1, -0.05) is 18.2 Å². The summed E-state index contributed by atoms with van der Waals surface area (Å²) in [5.74, 6) is -0.463. The molecule has 0 spiro atoms. The molecule has 6 nitrogen and oxygen atoms in total. The number of amides is 1. The average molecular weight is 320 g/mol. The fraction of sp³-hybridized carbons (Fsp3) is 0.333. The van der Waals surface area contributed by atoms with Crippen molar-refractivity contribution < 1.29 is 9.90 Å². The van der Waals surface area contributed by atoms with E-state index in [0.29, 0.717) is 18.5 Å². The van der Waals surface area contributed by atoms with Crippen molar-refractivity contribution >= 4 is 28.9 Å². The van der Waals surface area contributed by atoms with E-state index in [0.717, 1.165) is 23.2 Å². The van der Waals surface area contributed by atoms with Crippen LogP contribution in [0.25, 0.3) is 0 Å². The summed E-state index contributed by atoms with van der Waals surface area (Å²) in [6, 6.07) is 5.93. The van der Waals surface area contributed by atoms with E-state index in [1.165, 1.54) is 0 Å². The van der Waals surface area contributed by atoms with Crippen LogP contribution in [0.2, 0.25) is 0 Å². The molecule has 5 N–H and O–H groups in total. The molecule has 0 saturated heterocycles. The van der Waals surface area contributed by atoms with Crippen LogP contribution in [0.5, 0.6) is 0 Å². The van der Waals surface area contributed by atoms with Crippen LogP contribution in [-0.4, -0.2) is 22.7 Å². The Labute approximate surface area is 135 Å². The lowest BCUT2D eigenvalue weighted by atomic mass is 10.1. The molecule has 0 unspecified atom stereocenters. The number of para-hydroxylation sites is 1. The predicted octanol–water partition coefficient (Wildman–Crippen LogP) is 1.77. The van der Waals surface area contributed by atoms with Crippen LogP contribution in [0.3, 0.4) is 0 Å². The van der Waals surface area contributed by atoms with Gasteiger partial charge in [0.1, 0.15) is 0 Å². The van der Waals surface area contributed by atoms with Gasteiger partial charge in [-0.3, -0.25) is 15.6 Å². The fourth-order valence-electron chi connectivity index (χ4n) is 2.26. The number of nitrogens with one attached hydrogen (secondary N) is 4. The molecular formula is C15H20N4O2S. The maximum Gasteiger partial charge on any atom is 0.270 e. The zero-order chi connectivity index (χ0) is 16.1. The number of hydrogen-bond donors (Lipinski definition) is 5. The van der Waals surface area contributed by atoms with Crippen LogP contribution in [-0.2, 0) is 4.79 Å². The van der Waals surface area contributed by atoms with Gasteiger partial charge in [-0.05, 0) is 50.0 Å². The lowest BCUT2D eigenvalue weighted by Crippen LogP contribution is -2.45. The Kier molecular flexibility index (Phi) is 5.21. The predicted molar refractivity (Wildman–Crippen MR) is 90.3 cm³/mol. The molecule has 1 amide bonds. The molecule has 1 aliphatic rings. The van der Waals surface area contributed by atoms with Crippen molar-refractivity contribution in [3.05, 3.63) is 40.8 Å². The summed E-state index contributed by atoms with van der Waals surface area (Å²) in [5, 5.41) is 15.7. The Morgan fingerprint density at radius 1 is 1.27 bits per heavy atom. The van der Waals surface area contributed by atoms with Gasteiger partial charge < -0.3 is 15.7 Å². The number of thiocarbonyl (C=S) groups is 1. The number of aryl methyl sites for hydroxylation is 2. The van der Waals surface area contributed by atoms with Gasteiger partial charge in [-0.2, -0.15) is 0 Å². The van der Waals surface area contributed by atoms with E-state index in [-0.39, 0.29) is 11.0 Å². The molecule has 1 heterocycles. The SMILES string of the molecule is Cc1cccc(C)c1NC(=S)NNC(=O)C1=C(O)NCCC1. The average Bonchev–Trinajstić information content (AvgIpc) is 2.49. The number of carbonyl (C=O) groups is 1. The van der Waals surface area contributed by atoms with Gasteiger partial charge >= 0.3 is 0 Å². The number of rotatable bonds is 2. The van der Waals surface area contributed by atoms with Gasteiger partial charge in [0.15, 0.2) is 11.0 Å². The topological polar surface area (TPSA) is 85.4 Å². The molecule has 7 heteroatoms. The normalized spacial score (nSPS) is 14.1. The summed E-state index contributed by atoms with van der Waals surface area (Å²) in [6.45, 7) is 4.63. The highest BCUT2D eigenvalue weighted by Crippen LogP contribution is 2.19. The molecule has 0 fully saturated rings. The van der Waals surface area contributed by atoms with Crippen molar-refractivity contribution in [1.29, 1.82) is 0 Å². The van der Waals surface area contributed by atoms with Crippen molar-refractivity contribution in [2.45, 2.75) is 26.7 Å². The van der Waals surface area contributed by atoms with E-state index in [4.69, 9.17) is 12.2 Å². The van der Waals surface area contributed by atoms with Crippen molar-refractivity contribution in [1.82, 2.24) is 16.2 Å². The molecule has 1 aromatic rings. The van der Waals surface area contributed by atoms with E-state index in [1.54, 1.807) is 0 Å². The van der Waals surface area contributed by atoms with Crippen LogP contribution in [0.15, 0.2) is 29.7 Å². The van der Waals surface area contributed by atoms with Crippen LogP contribution >= 0.6 is 12.2 Å². The summed E-state index contributed by atoms with van der Waals surface area (Å²) in [5.41, 5.74) is 8.51. The number of hydrogen-bond acceptors (Lipinski definition) is 4. The molecule has 0 bridgehead atoms. The van der Waals surface area contributed by atoms with E-state index in [1.807, 2.05) is 32.0 Å². The molecule has 0 aliphatic carbocycles. The first-order valence-electron chi connectivity index (χ1n) is 7.08. The third kappa shape index (κ3) is 3.88.